The van der Waals surface area contributed by atoms with Crippen LogP contribution in [0, 0.1) is 6.92 Å². The summed E-state index contributed by atoms with van der Waals surface area (Å²) in [5.74, 6) is 0.872. The summed E-state index contributed by atoms with van der Waals surface area (Å²) in [6.45, 7) is 2.30. The number of carbonyl (C=O) groups is 1. The average molecular weight is 419 g/mol. The standard InChI is InChI=1S/C21H26N2O5S/c1-15-9-10-19-18(12-15)23(29(3,25)26)14-20(28-19)21(24)22-11-5-7-16-6-4-8-17(13-16)27-2/h4,6,8-10,12-13,20H,5,7,11,14H2,1-3H3,(H,22,24)/t20-/m0/s1. The average Bonchev–Trinajstić information content (AvgIpc) is 2.69. The van der Waals surface area contributed by atoms with Gasteiger partial charge in [-0.15, -0.1) is 0 Å². The van der Waals surface area contributed by atoms with Crippen molar-refractivity contribution in [1.29, 1.82) is 0 Å². The quantitative estimate of drug-likeness (QED) is 0.698. The van der Waals surface area contributed by atoms with E-state index in [9.17, 15) is 13.2 Å². The Morgan fingerprint density at radius 1 is 1.28 bits per heavy atom. The summed E-state index contributed by atoms with van der Waals surface area (Å²) in [5.41, 5.74) is 2.51. The van der Waals surface area contributed by atoms with E-state index in [-0.39, 0.29) is 12.5 Å². The maximum atomic E-state index is 12.6. The van der Waals surface area contributed by atoms with E-state index >= 15 is 0 Å². The minimum Gasteiger partial charge on any atom is -0.497 e. The highest BCUT2D eigenvalue weighted by Crippen LogP contribution is 2.35. The second-order valence-corrected chi connectivity index (χ2v) is 9.02. The number of amides is 1. The Bertz CT molecular complexity index is 990. The minimum absolute atomic E-state index is 0.0446. The molecule has 0 spiro atoms. The summed E-state index contributed by atoms with van der Waals surface area (Å²) in [6.07, 6.45) is 1.78. The van der Waals surface area contributed by atoms with Crippen LogP contribution in [-0.2, 0) is 21.2 Å². The topological polar surface area (TPSA) is 84.9 Å². The van der Waals surface area contributed by atoms with Gasteiger partial charge in [-0.2, -0.15) is 0 Å². The van der Waals surface area contributed by atoms with Crippen LogP contribution in [-0.4, -0.2) is 46.9 Å². The van der Waals surface area contributed by atoms with Gasteiger partial charge in [0.25, 0.3) is 5.91 Å². The number of anilines is 1. The van der Waals surface area contributed by atoms with Gasteiger partial charge < -0.3 is 14.8 Å². The first-order valence-corrected chi connectivity index (χ1v) is 11.3. The molecular weight excluding hydrogens is 392 g/mol. The summed E-state index contributed by atoms with van der Waals surface area (Å²) in [4.78, 5) is 12.6. The first-order valence-electron chi connectivity index (χ1n) is 9.43. The SMILES string of the molecule is COc1cccc(CCCNC(=O)[C@@H]2CN(S(C)(=O)=O)c3cc(C)ccc3O2)c1. The molecule has 0 saturated heterocycles. The third-order valence-electron chi connectivity index (χ3n) is 4.75. The second kappa shape index (κ2) is 8.73. The highest BCUT2D eigenvalue weighted by molar-refractivity contribution is 7.92. The molecule has 1 N–H and O–H groups in total. The molecule has 156 valence electrons. The Kier molecular flexibility index (Phi) is 6.32. The first kappa shape index (κ1) is 21.0. The molecule has 0 aromatic heterocycles. The molecule has 1 heterocycles. The number of nitrogens with one attached hydrogen (secondary N) is 1. The zero-order valence-corrected chi connectivity index (χ0v) is 17.7. The van der Waals surface area contributed by atoms with Crippen molar-refractivity contribution in [2.45, 2.75) is 25.9 Å². The van der Waals surface area contributed by atoms with Gasteiger partial charge >= 0.3 is 0 Å². The van der Waals surface area contributed by atoms with Crippen molar-refractivity contribution in [2.75, 3.05) is 30.8 Å². The van der Waals surface area contributed by atoms with E-state index in [4.69, 9.17) is 9.47 Å². The normalized spacial score (nSPS) is 16.0. The molecule has 0 radical (unpaired) electrons. The maximum Gasteiger partial charge on any atom is 0.263 e. The van der Waals surface area contributed by atoms with Gasteiger partial charge in [-0.05, 0) is 55.2 Å². The molecule has 1 atom stereocenters. The lowest BCUT2D eigenvalue weighted by molar-refractivity contribution is -0.127. The monoisotopic (exact) mass is 418 g/mol. The zero-order chi connectivity index (χ0) is 21.0. The van der Waals surface area contributed by atoms with Crippen LogP contribution in [0.4, 0.5) is 5.69 Å². The van der Waals surface area contributed by atoms with Crippen LogP contribution in [0.2, 0.25) is 0 Å². The van der Waals surface area contributed by atoms with Crippen LogP contribution in [0.15, 0.2) is 42.5 Å². The number of hydrogen-bond donors (Lipinski definition) is 1. The number of nitrogens with zero attached hydrogens (tertiary/aromatic N) is 1. The number of rotatable bonds is 7. The van der Waals surface area contributed by atoms with Gasteiger partial charge in [-0.3, -0.25) is 9.10 Å². The van der Waals surface area contributed by atoms with Gasteiger partial charge in [-0.1, -0.05) is 18.2 Å². The second-order valence-electron chi connectivity index (χ2n) is 7.12. The van der Waals surface area contributed by atoms with Crippen molar-refractivity contribution in [3.63, 3.8) is 0 Å². The summed E-state index contributed by atoms with van der Waals surface area (Å²) < 4.78 is 36.7. The number of carbonyl (C=O) groups excluding carboxylic acids is 1. The van der Waals surface area contributed by atoms with Crippen LogP contribution in [0.5, 0.6) is 11.5 Å². The van der Waals surface area contributed by atoms with Crippen molar-refractivity contribution >= 4 is 21.6 Å². The molecule has 0 saturated carbocycles. The molecule has 29 heavy (non-hydrogen) atoms. The predicted molar refractivity (Wildman–Crippen MR) is 112 cm³/mol. The van der Waals surface area contributed by atoms with Crippen LogP contribution >= 0.6 is 0 Å². The third-order valence-corrected chi connectivity index (χ3v) is 5.90. The summed E-state index contributed by atoms with van der Waals surface area (Å²) in [7, 11) is -1.90. The first-order chi connectivity index (χ1) is 13.8. The number of sulfonamides is 1. The Morgan fingerprint density at radius 2 is 2.07 bits per heavy atom. The van der Waals surface area contributed by atoms with E-state index in [1.54, 1.807) is 19.2 Å². The molecule has 1 aliphatic heterocycles. The van der Waals surface area contributed by atoms with Gasteiger partial charge in [-0.25, -0.2) is 8.42 Å². The molecule has 0 unspecified atom stereocenters. The number of hydrogen-bond acceptors (Lipinski definition) is 5. The van der Waals surface area contributed by atoms with Gasteiger partial charge in [0, 0.05) is 6.54 Å². The highest BCUT2D eigenvalue weighted by Gasteiger charge is 2.34. The fourth-order valence-corrected chi connectivity index (χ4v) is 4.16. The van der Waals surface area contributed by atoms with E-state index < -0.39 is 16.1 Å². The van der Waals surface area contributed by atoms with Crippen LogP contribution < -0.4 is 19.1 Å². The van der Waals surface area contributed by atoms with E-state index in [0.29, 0.717) is 18.0 Å². The summed E-state index contributed by atoms with van der Waals surface area (Å²) in [5, 5.41) is 2.85. The molecule has 0 aliphatic carbocycles. The van der Waals surface area contributed by atoms with Crippen molar-refractivity contribution in [2.24, 2.45) is 0 Å². The molecule has 1 amide bonds. The fraction of sp³-hybridized carbons (Fsp3) is 0.381. The number of aryl methyl sites for hydroxylation is 2. The molecule has 2 aromatic carbocycles. The largest absolute Gasteiger partial charge is 0.497 e. The molecule has 8 heteroatoms. The molecule has 1 aliphatic rings. The van der Waals surface area contributed by atoms with Gasteiger partial charge in [0.05, 0.1) is 25.6 Å². The number of methoxy groups -OCH3 is 1. The van der Waals surface area contributed by atoms with Crippen LogP contribution in [0.1, 0.15) is 17.5 Å². The van der Waals surface area contributed by atoms with Crippen molar-refractivity contribution in [3.8, 4) is 11.5 Å². The Morgan fingerprint density at radius 3 is 2.79 bits per heavy atom. The van der Waals surface area contributed by atoms with E-state index in [2.05, 4.69) is 5.32 Å². The predicted octanol–water partition coefficient (Wildman–Crippen LogP) is 2.28. The number of benzene rings is 2. The number of ether oxygens (including phenoxy) is 2. The highest BCUT2D eigenvalue weighted by atomic mass is 32.2. The van der Waals surface area contributed by atoms with E-state index in [1.807, 2.05) is 37.3 Å². The van der Waals surface area contributed by atoms with E-state index in [1.165, 1.54) is 4.31 Å². The van der Waals surface area contributed by atoms with Gasteiger partial charge in [0.1, 0.15) is 11.5 Å². The van der Waals surface area contributed by atoms with Crippen molar-refractivity contribution in [1.82, 2.24) is 5.32 Å². The Balaban J connectivity index is 1.60. The van der Waals surface area contributed by atoms with Crippen molar-refractivity contribution < 1.29 is 22.7 Å². The molecule has 3 rings (SSSR count). The van der Waals surface area contributed by atoms with Crippen LogP contribution in [0.3, 0.4) is 0 Å². The van der Waals surface area contributed by atoms with Crippen molar-refractivity contribution in [3.05, 3.63) is 53.6 Å². The zero-order valence-electron chi connectivity index (χ0n) is 16.8. The van der Waals surface area contributed by atoms with Crippen LogP contribution in [0.25, 0.3) is 0 Å². The molecule has 7 nitrogen and oxygen atoms in total. The van der Waals surface area contributed by atoms with E-state index in [0.717, 1.165) is 36.0 Å². The maximum absolute atomic E-state index is 12.6. The lowest BCUT2D eigenvalue weighted by Crippen LogP contribution is -2.50. The third kappa shape index (κ3) is 5.20. The molecule has 0 fully saturated rings. The summed E-state index contributed by atoms with van der Waals surface area (Å²) >= 11 is 0. The fourth-order valence-electron chi connectivity index (χ4n) is 3.26. The van der Waals surface area contributed by atoms with Gasteiger partial charge in [0.2, 0.25) is 10.0 Å². The number of fused-ring (bicyclic) bond motifs is 1. The smallest absolute Gasteiger partial charge is 0.263 e. The minimum atomic E-state index is -3.53. The lowest BCUT2D eigenvalue weighted by Gasteiger charge is -2.34. The lowest BCUT2D eigenvalue weighted by atomic mass is 10.1. The Labute approximate surface area is 171 Å². The molecule has 0 bridgehead atoms. The van der Waals surface area contributed by atoms with Gasteiger partial charge in [0.15, 0.2) is 6.10 Å². The Hall–Kier alpha value is -2.74. The summed E-state index contributed by atoms with van der Waals surface area (Å²) in [6, 6.07) is 13.1. The molecular formula is C21H26N2O5S. The molecule has 2 aromatic rings.